The van der Waals surface area contributed by atoms with E-state index in [1.54, 1.807) is 6.07 Å². The van der Waals surface area contributed by atoms with Crippen LogP contribution in [0.25, 0.3) is 11.1 Å². The molecule has 0 bridgehead atoms. The van der Waals surface area contributed by atoms with Crippen LogP contribution < -0.4 is 0 Å². The molecule has 0 aliphatic carbocycles. The molecule has 0 spiro atoms. The molecular weight excluding hydrogens is 198 g/mol. The molecule has 5 heteroatoms. The molecule has 1 heterocycles. The zero-order chi connectivity index (χ0) is 10.8. The summed E-state index contributed by atoms with van der Waals surface area (Å²) >= 11 is 0. The van der Waals surface area contributed by atoms with Crippen LogP contribution >= 0.6 is 0 Å². The second-order valence-electron chi connectivity index (χ2n) is 3.03. The van der Waals surface area contributed by atoms with Crippen molar-refractivity contribution < 1.29 is 19.1 Å². The van der Waals surface area contributed by atoms with E-state index in [0.29, 0.717) is 16.7 Å². The van der Waals surface area contributed by atoms with E-state index in [1.165, 1.54) is 18.5 Å². The van der Waals surface area contributed by atoms with Gasteiger partial charge in [0.05, 0.1) is 0 Å². The number of aliphatic carboxylic acids is 1. The lowest BCUT2D eigenvalue weighted by molar-refractivity contribution is -0.135. The second kappa shape index (κ2) is 3.53. The number of aromatic nitrogens is 1. The fourth-order valence-corrected chi connectivity index (χ4v) is 1.27. The monoisotopic (exact) mass is 205 g/mol. The number of carboxylic acids is 1. The number of carbonyl (C=O) groups excluding carboxylic acids is 1. The fourth-order valence-electron chi connectivity index (χ4n) is 1.27. The average molecular weight is 205 g/mol. The molecule has 0 unspecified atom stereocenters. The number of hydrogen-bond donors (Lipinski definition) is 1. The summed E-state index contributed by atoms with van der Waals surface area (Å²) in [5.74, 6) is -1.58. The van der Waals surface area contributed by atoms with Gasteiger partial charge in [0.15, 0.2) is 17.8 Å². The number of oxazole rings is 1. The van der Waals surface area contributed by atoms with E-state index < -0.39 is 18.2 Å². The van der Waals surface area contributed by atoms with E-state index in [4.69, 9.17) is 9.52 Å². The second-order valence-corrected chi connectivity index (χ2v) is 3.03. The van der Waals surface area contributed by atoms with Gasteiger partial charge >= 0.3 is 5.97 Å². The highest BCUT2D eigenvalue weighted by molar-refractivity contribution is 6.06. The Bertz CT molecular complexity index is 529. The van der Waals surface area contributed by atoms with Crippen molar-refractivity contribution in [2.45, 2.75) is 6.42 Å². The zero-order valence-electron chi connectivity index (χ0n) is 7.64. The van der Waals surface area contributed by atoms with Crippen LogP contribution in [0.1, 0.15) is 16.8 Å². The number of fused-ring (bicyclic) bond motifs is 1. The number of carboxylic acid groups (broad SMARTS) is 1. The van der Waals surface area contributed by atoms with Crippen LogP contribution in [-0.4, -0.2) is 21.8 Å². The first kappa shape index (κ1) is 9.39. The molecule has 0 fully saturated rings. The topological polar surface area (TPSA) is 80.4 Å². The quantitative estimate of drug-likeness (QED) is 0.606. The first-order valence-corrected chi connectivity index (χ1v) is 4.25. The molecule has 0 aliphatic rings. The fraction of sp³-hybridized carbons (Fsp3) is 0.100. The Morgan fingerprint density at radius 2 is 2.20 bits per heavy atom. The molecular formula is C10H7NO4. The first-order valence-electron chi connectivity index (χ1n) is 4.25. The lowest BCUT2D eigenvalue weighted by Crippen LogP contribution is -2.06. The molecule has 0 saturated carbocycles. The maximum absolute atomic E-state index is 11.4. The van der Waals surface area contributed by atoms with Crippen LogP contribution in [-0.2, 0) is 4.79 Å². The Morgan fingerprint density at radius 3 is 2.93 bits per heavy atom. The smallest absolute Gasteiger partial charge is 0.311 e. The maximum Gasteiger partial charge on any atom is 0.311 e. The number of carbonyl (C=O) groups is 2. The summed E-state index contributed by atoms with van der Waals surface area (Å²) in [7, 11) is 0. The lowest BCUT2D eigenvalue weighted by atomic mass is 10.1. The van der Waals surface area contributed by atoms with Gasteiger partial charge in [-0.1, -0.05) is 0 Å². The van der Waals surface area contributed by atoms with Gasteiger partial charge in [-0.2, -0.15) is 0 Å². The predicted molar refractivity (Wildman–Crippen MR) is 50.6 cm³/mol. The van der Waals surface area contributed by atoms with Gasteiger partial charge in [-0.15, -0.1) is 0 Å². The van der Waals surface area contributed by atoms with Crippen molar-refractivity contribution in [3.05, 3.63) is 30.2 Å². The Balaban J connectivity index is 2.35. The van der Waals surface area contributed by atoms with Crippen LogP contribution in [0.5, 0.6) is 0 Å². The molecule has 2 rings (SSSR count). The first-order chi connectivity index (χ1) is 7.16. The van der Waals surface area contributed by atoms with Gasteiger partial charge in [-0.05, 0) is 18.2 Å². The van der Waals surface area contributed by atoms with Crippen molar-refractivity contribution in [2.24, 2.45) is 0 Å². The summed E-state index contributed by atoms with van der Waals surface area (Å²) in [6, 6.07) is 4.65. The summed E-state index contributed by atoms with van der Waals surface area (Å²) in [4.78, 5) is 25.6. The van der Waals surface area contributed by atoms with Crippen LogP contribution in [0.15, 0.2) is 29.0 Å². The van der Waals surface area contributed by atoms with Crippen molar-refractivity contribution in [1.82, 2.24) is 4.98 Å². The molecule has 1 aromatic heterocycles. The Morgan fingerprint density at radius 1 is 1.40 bits per heavy atom. The van der Waals surface area contributed by atoms with E-state index in [0.717, 1.165) is 0 Å². The molecule has 0 saturated heterocycles. The lowest BCUT2D eigenvalue weighted by Gasteiger charge is -1.96. The number of rotatable bonds is 3. The van der Waals surface area contributed by atoms with Crippen molar-refractivity contribution in [1.29, 1.82) is 0 Å². The number of benzene rings is 1. The summed E-state index contributed by atoms with van der Waals surface area (Å²) in [5, 5.41) is 8.46. The van der Waals surface area contributed by atoms with Crippen molar-refractivity contribution >= 4 is 22.9 Å². The van der Waals surface area contributed by atoms with Crippen molar-refractivity contribution in [3.63, 3.8) is 0 Å². The number of nitrogens with zero attached hydrogens (tertiary/aromatic N) is 1. The molecule has 0 aliphatic heterocycles. The minimum absolute atomic E-state index is 0.321. The van der Waals surface area contributed by atoms with Gasteiger partial charge < -0.3 is 9.52 Å². The molecule has 0 atom stereocenters. The molecule has 15 heavy (non-hydrogen) atoms. The van der Waals surface area contributed by atoms with Crippen LogP contribution in [0.3, 0.4) is 0 Å². The SMILES string of the molecule is O=C(O)CC(=O)c1ccc2ncoc2c1. The molecule has 2 aromatic rings. The summed E-state index contributed by atoms with van der Waals surface area (Å²) in [5.41, 5.74) is 1.44. The van der Waals surface area contributed by atoms with Crippen molar-refractivity contribution in [2.75, 3.05) is 0 Å². The van der Waals surface area contributed by atoms with Gasteiger partial charge in [0, 0.05) is 5.56 Å². The Kier molecular flexibility index (Phi) is 2.21. The van der Waals surface area contributed by atoms with Gasteiger partial charge in [0.1, 0.15) is 11.9 Å². The normalized spacial score (nSPS) is 10.4. The third-order valence-corrected chi connectivity index (χ3v) is 1.97. The molecule has 0 radical (unpaired) electrons. The van der Waals surface area contributed by atoms with E-state index in [9.17, 15) is 9.59 Å². The summed E-state index contributed by atoms with van der Waals surface area (Å²) < 4.78 is 5.00. The highest BCUT2D eigenvalue weighted by Gasteiger charge is 2.11. The third-order valence-electron chi connectivity index (χ3n) is 1.97. The van der Waals surface area contributed by atoms with Gasteiger partial charge in [-0.25, -0.2) is 4.98 Å². The third kappa shape index (κ3) is 1.85. The summed E-state index contributed by atoms with van der Waals surface area (Å²) in [6.07, 6.45) is 0.760. The molecule has 76 valence electrons. The van der Waals surface area contributed by atoms with Gasteiger partial charge in [0.25, 0.3) is 0 Å². The minimum atomic E-state index is -1.14. The molecule has 1 N–H and O–H groups in total. The van der Waals surface area contributed by atoms with Crippen molar-refractivity contribution in [3.8, 4) is 0 Å². The van der Waals surface area contributed by atoms with Crippen LogP contribution in [0.4, 0.5) is 0 Å². The standard InChI is InChI=1S/C10H7NO4/c12-8(4-10(13)14)6-1-2-7-9(3-6)15-5-11-7/h1-3,5H,4H2,(H,13,14). The van der Waals surface area contributed by atoms with Crippen LogP contribution in [0, 0.1) is 0 Å². The maximum atomic E-state index is 11.4. The molecule has 1 aromatic carbocycles. The Hall–Kier alpha value is -2.17. The van der Waals surface area contributed by atoms with E-state index in [2.05, 4.69) is 4.98 Å². The molecule has 0 amide bonds. The highest BCUT2D eigenvalue weighted by atomic mass is 16.4. The predicted octanol–water partition coefficient (Wildman–Crippen LogP) is 1.49. The number of hydrogen-bond acceptors (Lipinski definition) is 4. The van der Waals surface area contributed by atoms with Gasteiger partial charge in [0.2, 0.25) is 0 Å². The zero-order valence-corrected chi connectivity index (χ0v) is 7.64. The van der Waals surface area contributed by atoms with E-state index in [1.807, 2.05) is 0 Å². The summed E-state index contributed by atoms with van der Waals surface area (Å²) in [6.45, 7) is 0. The highest BCUT2D eigenvalue weighted by Crippen LogP contribution is 2.15. The number of Topliss-reactive ketones (excluding diaryl/α,β-unsaturated/α-hetero) is 1. The van der Waals surface area contributed by atoms with E-state index in [-0.39, 0.29) is 0 Å². The Labute approximate surface area is 84.3 Å². The number of ketones is 1. The largest absolute Gasteiger partial charge is 0.481 e. The van der Waals surface area contributed by atoms with E-state index >= 15 is 0 Å². The average Bonchev–Trinajstić information content (AvgIpc) is 2.62. The van der Waals surface area contributed by atoms with Crippen LogP contribution in [0.2, 0.25) is 0 Å². The van der Waals surface area contributed by atoms with Gasteiger partial charge in [-0.3, -0.25) is 9.59 Å². The molecule has 5 nitrogen and oxygen atoms in total. The minimum Gasteiger partial charge on any atom is -0.481 e.